The van der Waals surface area contributed by atoms with Crippen LogP contribution in [0.4, 0.5) is 10.5 Å². The Hall–Kier alpha value is -3.13. The maximum atomic E-state index is 12.1. The molecule has 1 aromatic heterocycles. The minimum Gasteiger partial charge on any atom is -0.480 e. The fraction of sp³-hybridized carbons (Fsp3) is 0.350. The summed E-state index contributed by atoms with van der Waals surface area (Å²) in [4.78, 5) is 29.0. The van der Waals surface area contributed by atoms with Gasteiger partial charge in [-0.3, -0.25) is 9.69 Å². The van der Waals surface area contributed by atoms with Crippen LogP contribution < -0.4 is 15.4 Å². The molecule has 1 fully saturated rings. The van der Waals surface area contributed by atoms with Crippen molar-refractivity contribution in [3.8, 4) is 11.6 Å². The molecule has 1 aliphatic rings. The third-order valence-electron chi connectivity index (χ3n) is 4.68. The molecule has 0 aliphatic heterocycles. The Morgan fingerprint density at radius 3 is 2.57 bits per heavy atom. The smallest absolute Gasteiger partial charge is 0.319 e. The highest BCUT2D eigenvalue weighted by Crippen LogP contribution is 2.26. The van der Waals surface area contributed by atoms with Crippen LogP contribution in [-0.2, 0) is 4.79 Å². The number of carboxylic acid groups (broad SMARTS) is 1. The van der Waals surface area contributed by atoms with Gasteiger partial charge in [-0.1, -0.05) is 13.0 Å². The number of pyridine rings is 1. The largest absolute Gasteiger partial charge is 0.480 e. The van der Waals surface area contributed by atoms with Crippen molar-refractivity contribution in [2.24, 2.45) is 0 Å². The Morgan fingerprint density at radius 2 is 1.96 bits per heavy atom. The SMILES string of the molecule is CCN(CC(=O)O)C1CC(NC(=O)Nc2ccc(Oc3ccccn3)cc2)C1. The molecule has 0 radical (unpaired) electrons. The zero-order valence-electron chi connectivity index (χ0n) is 15.7. The summed E-state index contributed by atoms with van der Waals surface area (Å²) in [7, 11) is 0. The van der Waals surface area contributed by atoms with Gasteiger partial charge in [0.05, 0.1) is 6.54 Å². The van der Waals surface area contributed by atoms with Crippen LogP contribution in [-0.4, -0.2) is 52.2 Å². The fourth-order valence-electron chi connectivity index (χ4n) is 3.16. The summed E-state index contributed by atoms with van der Waals surface area (Å²) in [6.45, 7) is 2.66. The van der Waals surface area contributed by atoms with Crippen LogP contribution in [0.1, 0.15) is 19.8 Å². The first-order valence-corrected chi connectivity index (χ1v) is 9.25. The minimum atomic E-state index is -0.827. The van der Waals surface area contributed by atoms with Crippen LogP contribution in [0.2, 0.25) is 0 Å². The number of benzene rings is 1. The Bertz CT molecular complexity index is 792. The molecule has 0 saturated heterocycles. The van der Waals surface area contributed by atoms with Gasteiger partial charge in [-0.2, -0.15) is 0 Å². The maximum Gasteiger partial charge on any atom is 0.319 e. The standard InChI is InChI=1S/C20H24N4O4/c1-2-24(13-19(25)26)16-11-15(12-16)23-20(27)22-14-6-8-17(9-7-14)28-18-5-3-4-10-21-18/h3-10,15-16H,2,11-13H2,1H3,(H,25,26)(H2,22,23,27). The van der Waals surface area contributed by atoms with Gasteiger partial charge in [0.15, 0.2) is 0 Å². The molecular weight excluding hydrogens is 360 g/mol. The molecule has 2 amide bonds. The van der Waals surface area contributed by atoms with Crippen molar-refractivity contribution in [1.29, 1.82) is 0 Å². The van der Waals surface area contributed by atoms with Gasteiger partial charge in [0, 0.05) is 30.0 Å². The molecule has 0 atom stereocenters. The van der Waals surface area contributed by atoms with Gasteiger partial charge >= 0.3 is 12.0 Å². The van der Waals surface area contributed by atoms with E-state index in [4.69, 9.17) is 9.84 Å². The molecule has 8 nitrogen and oxygen atoms in total. The lowest BCUT2D eigenvalue weighted by molar-refractivity contribution is -0.139. The number of nitrogens with zero attached hydrogens (tertiary/aromatic N) is 2. The topological polar surface area (TPSA) is 104 Å². The average molecular weight is 384 g/mol. The molecule has 3 N–H and O–H groups in total. The Kier molecular flexibility index (Phi) is 6.44. The molecule has 1 heterocycles. The number of aliphatic carboxylic acids is 1. The molecule has 2 aromatic rings. The summed E-state index contributed by atoms with van der Waals surface area (Å²) in [5, 5.41) is 14.6. The van der Waals surface area contributed by atoms with E-state index in [0.717, 1.165) is 12.8 Å². The molecule has 1 saturated carbocycles. The van der Waals surface area contributed by atoms with Crippen molar-refractivity contribution in [3.63, 3.8) is 0 Å². The number of carbonyl (C=O) groups is 2. The van der Waals surface area contributed by atoms with Gasteiger partial charge in [-0.05, 0) is 49.7 Å². The summed E-state index contributed by atoms with van der Waals surface area (Å²) in [6, 6.07) is 12.4. The van der Waals surface area contributed by atoms with Crippen LogP contribution in [0.3, 0.4) is 0 Å². The van der Waals surface area contributed by atoms with E-state index in [9.17, 15) is 9.59 Å². The number of urea groups is 1. The van der Waals surface area contributed by atoms with E-state index in [1.807, 2.05) is 24.0 Å². The maximum absolute atomic E-state index is 12.1. The highest BCUT2D eigenvalue weighted by molar-refractivity contribution is 5.89. The summed E-state index contributed by atoms with van der Waals surface area (Å²) >= 11 is 0. The molecule has 28 heavy (non-hydrogen) atoms. The molecular formula is C20H24N4O4. The highest BCUT2D eigenvalue weighted by atomic mass is 16.5. The molecule has 0 unspecified atom stereocenters. The number of carboxylic acids is 1. The van der Waals surface area contributed by atoms with Gasteiger partial charge in [0.2, 0.25) is 5.88 Å². The number of nitrogens with one attached hydrogen (secondary N) is 2. The van der Waals surface area contributed by atoms with Crippen molar-refractivity contribution in [2.75, 3.05) is 18.4 Å². The van der Waals surface area contributed by atoms with E-state index in [0.29, 0.717) is 23.9 Å². The second-order valence-corrected chi connectivity index (χ2v) is 6.67. The monoisotopic (exact) mass is 384 g/mol. The molecule has 1 aliphatic carbocycles. The fourth-order valence-corrected chi connectivity index (χ4v) is 3.16. The number of anilines is 1. The zero-order chi connectivity index (χ0) is 19.9. The molecule has 0 bridgehead atoms. The second-order valence-electron chi connectivity index (χ2n) is 6.67. The molecule has 1 aromatic carbocycles. The number of rotatable bonds is 8. The van der Waals surface area contributed by atoms with Crippen LogP contribution in [0.25, 0.3) is 0 Å². The summed E-state index contributed by atoms with van der Waals surface area (Å²) < 4.78 is 5.62. The van der Waals surface area contributed by atoms with E-state index >= 15 is 0 Å². The van der Waals surface area contributed by atoms with Crippen molar-refractivity contribution >= 4 is 17.7 Å². The second kappa shape index (κ2) is 9.18. The van der Waals surface area contributed by atoms with Gasteiger partial charge in [-0.25, -0.2) is 9.78 Å². The van der Waals surface area contributed by atoms with Crippen LogP contribution in [0, 0.1) is 0 Å². The van der Waals surface area contributed by atoms with Crippen molar-refractivity contribution < 1.29 is 19.4 Å². The predicted octanol–water partition coefficient (Wildman–Crippen LogP) is 2.93. The number of likely N-dealkylation sites (N-methyl/N-ethyl adjacent to an activating group) is 1. The molecule has 0 spiro atoms. The minimum absolute atomic E-state index is 0.0347. The van der Waals surface area contributed by atoms with Crippen molar-refractivity contribution in [3.05, 3.63) is 48.7 Å². The summed E-state index contributed by atoms with van der Waals surface area (Å²) in [6.07, 6.45) is 3.17. The van der Waals surface area contributed by atoms with Crippen LogP contribution in [0.15, 0.2) is 48.7 Å². The number of hydrogen-bond acceptors (Lipinski definition) is 5. The summed E-state index contributed by atoms with van der Waals surface area (Å²) in [5.74, 6) is 0.306. The Balaban J connectivity index is 1.42. The lowest BCUT2D eigenvalue weighted by Crippen LogP contribution is -2.55. The van der Waals surface area contributed by atoms with Gasteiger partial charge in [-0.15, -0.1) is 0 Å². The number of amides is 2. The number of hydrogen-bond donors (Lipinski definition) is 3. The molecule has 3 rings (SSSR count). The predicted molar refractivity (Wildman–Crippen MR) is 105 cm³/mol. The average Bonchev–Trinajstić information content (AvgIpc) is 2.65. The lowest BCUT2D eigenvalue weighted by Gasteiger charge is -2.42. The van der Waals surface area contributed by atoms with E-state index < -0.39 is 5.97 Å². The lowest BCUT2D eigenvalue weighted by atomic mass is 9.85. The number of aromatic nitrogens is 1. The Labute approximate surface area is 163 Å². The van der Waals surface area contributed by atoms with Gasteiger partial charge in [0.1, 0.15) is 5.75 Å². The number of carbonyl (C=O) groups excluding carboxylic acids is 1. The first kappa shape index (κ1) is 19.6. The molecule has 148 valence electrons. The number of ether oxygens (including phenoxy) is 1. The quantitative estimate of drug-likeness (QED) is 0.646. The third kappa shape index (κ3) is 5.43. The van der Waals surface area contributed by atoms with E-state index in [-0.39, 0.29) is 24.7 Å². The molecule has 8 heteroatoms. The summed E-state index contributed by atoms with van der Waals surface area (Å²) in [5.41, 5.74) is 0.655. The zero-order valence-corrected chi connectivity index (χ0v) is 15.7. The van der Waals surface area contributed by atoms with E-state index in [2.05, 4.69) is 15.6 Å². The van der Waals surface area contributed by atoms with Crippen LogP contribution >= 0.6 is 0 Å². The van der Waals surface area contributed by atoms with Gasteiger partial charge < -0.3 is 20.5 Å². The van der Waals surface area contributed by atoms with Gasteiger partial charge in [0.25, 0.3) is 0 Å². The Morgan fingerprint density at radius 1 is 1.21 bits per heavy atom. The third-order valence-corrected chi connectivity index (χ3v) is 4.68. The van der Waals surface area contributed by atoms with E-state index in [1.165, 1.54) is 0 Å². The van der Waals surface area contributed by atoms with Crippen molar-refractivity contribution in [1.82, 2.24) is 15.2 Å². The normalized spacial score (nSPS) is 18.2. The first-order chi connectivity index (χ1) is 13.5. The van der Waals surface area contributed by atoms with E-state index in [1.54, 1.807) is 36.5 Å². The van der Waals surface area contributed by atoms with Crippen molar-refractivity contribution in [2.45, 2.75) is 31.8 Å². The van der Waals surface area contributed by atoms with Crippen LogP contribution in [0.5, 0.6) is 11.6 Å². The highest BCUT2D eigenvalue weighted by Gasteiger charge is 2.34. The first-order valence-electron chi connectivity index (χ1n) is 9.25.